The highest BCUT2D eigenvalue weighted by Gasteiger charge is 2.48. The molecule has 2 aromatic carbocycles. The second-order valence-corrected chi connectivity index (χ2v) is 12.5. The molecule has 0 amide bonds. The van der Waals surface area contributed by atoms with Gasteiger partial charge in [0.15, 0.2) is 15.9 Å². The van der Waals surface area contributed by atoms with Crippen LogP contribution in [-0.4, -0.2) is 71.8 Å². The van der Waals surface area contributed by atoms with Gasteiger partial charge in [0.2, 0.25) is 6.29 Å². The molecule has 0 saturated carbocycles. The number of benzene rings is 2. The average molecular weight is 603 g/mol. The van der Waals surface area contributed by atoms with E-state index in [-0.39, 0.29) is 10.6 Å². The van der Waals surface area contributed by atoms with Crippen LogP contribution in [0, 0.1) is 5.82 Å². The molecule has 0 spiro atoms. The van der Waals surface area contributed by atoms with Gasteiger partial charge in [0.25, 0.3) is 0 Å². The minimum atomic E-state index is -3.70. The molecule has 0 bridgehead atoms. The molecule has 4 N–H and O–H groups in total. The van der Waals surface area contributed by atoms with Crippen molar-refractivity contribution in [3.05, 3.63) is 58.1 Å². The number of sulfone groups is 1. The summed E-state index contributed by atoms with van der Waals surface area (Å²) in [5.74, 6) is -2.11. The van der Waals surface area contributed by atoms with Gasteiger partial charge < -0.3 is 29.9 Å². The van der Waals surface area contributed by atoms with Crippen molar-refractivity contribution in [3.8, 4) is 27.3 Å². The van der Waals surface area contributed by atoms with Crippen molar-refractivity contribution in [1.29, 1.82) is 0 Å². The predicted molar refractivity (Wildman–Crippen MR) is 131 cm³/mol. The summed E-state index contributed by atoms with van der Waals surface area (Å²) < 4.78 is 49.6. The fourth-order valence-corrected chi connectivity index (χ4v) is 5.96. The van der Waals surface area contributed by atoms with Gasteiger partial charge in [-0.1, -0.05) is 12.1 Å². The first-order valence-corrected chi connectivity index (χ1v) is 13.9. The number of carboxylic acid groups (broad SMARTS) is 1. The zero-order chi connectivity index (χ0) is 26.4. The van der Waals surface area contributed by atoms with Crippen LogP contribution in [0.3, 0.4) is 0 Å². The van der Waals surface area contributed by atoms with Crippen molar-refractivity contribution in [2.75, 3.05) is 6.26 Å². The van der Waals surface area contributed by atoms with Gasteiger partial charge in [-0.25, -0.2) is 17.6 Å². The second kappa shape index (κ2) is 10.2. The summed E-state index contributed by atoms with van der Waals surface area (Å²) in [6.07, 6.45) is -8.34. The lowest BCUT2D eigenvalue weighted by Gasteiger charge is -2.38. The van der Waals surface area contributed by atoms with Gasteiger partial charge in [-0.3, -0.25) is 0 Å². The molecule has 5 atom stereocenters. The Kier molecular flexibility index (Phi) is 7.53. The summed E-state index contributed by atoms with van der Waals surface area (Å²) in [5, 5.41) is 39.8. The fraction of sp³-hybridized carbons (Fsp3) is 0.261. The van der Waals surface area contributed by atoms with Crippen molar-refractivity contribution in [1.82, 2.24) is 0 Å². The highest BCUT2D eigenvalue weighted by molar-refractivity contribution is 9.11. The summed E-state index contributed by atoms with van der Waals surface area (Å²) in [4.78, 5) is 12.0. The predicted octanol–water partition coefficient (Wildman–Crippen LogP) is 2.66. The molecule has 13 heteroatoms. The lowest BCUT2D eigenvalue weighted by Crippen LogP contribution is -2.61. The topological polar surface area (TPSA) is 151 Å². The maximum atomic E-state index is 13.5. The number of ether oxygens (including phenoxy) is 2. The number of hydrogen-bond acceptors (Lipinski definition) is 9. The molecule has 192 valence electrons. The number of rotatable bonds is 6. The van der Waals surface area contributed by atoms with Crippen LogP contribution in [0.1, 0.15) is 0 Å². The molecule has 1 saturated heterocycles. The van der Waals surface area contributed by atoms with E-state index in [4.69, 9.17) is 9.47 Å². The Labute approximate surface area is 217 Å². The first-order valence-electron chi connectivity index (χ1n) is 10.4. The summed E-state index contributed by atoms with van der Waals surface area (Å²) >= 11 is 4.75. The highest BCUT2D eigenvalue weighted by Crippen LogP contribution is 2.45. The molecule has 1 aromatic heterocycles. The van der Waals surface area contributed by atoms with E-state index >= 15 is 0 Å². The smallest absolute Gasteiger partial charge is 0.335 e. The van der Waals surface area contributed by atoms with Crippen LogP contribution in [0.15, 0.2) is 57.2 Å². The normalized spacial score (nSPS) is 24.4. The summed E-state index contributed by atoms with van der Waals surface area (Å²) in [6.45, 7) is 0. The third-order valence-electron chi connectivity index (χ3n) is 5.54. The maximum Gasteiger partial charge on any atom is 0.335 e. The molecular weight excluding hydrogens is 583 g/mol. The van der Waals surface area contributed by atoms with Crippen LogP contribution < -0.4 is 4.74 Å². The Morgan fingerprint density at radius 1 is 1.03 bits per heavy atom. The molecular formula is C23H20BrFO9S2. The minimum absolute atomic E-state index is 0.0941. The Hall–Kier alpha value is -2.39. The zero-order valence-corrected chi connectivity index (χ0v) is 21.6. The van der Waals surface area contributed by atoms with E-state index < -0.39 is 52.3 Å². The molecule has 36 heavy (non-hydrogen) atoms. The van der Waals surface area contributed by atoms with E-state index in [1.165, 1.54) is 41.7 Å². The number of thiophene rings is 1. The van der Waals surface area contributed by atoms with Gasteiger partial charge in [-0.2, -0.15) is 0 Å². The largest absolute Gasteiger partial charge is 0.479 e. The number of carboxylic acids is 1. The number of aliphatic hydroxyl groups excluding tert-OH is 3. The van der Waals surface area contributed by atoms with Gasteiger partial charge >= 0.3 is 5.97 Å². The van der Waals surface area contributed by atoms with Crippen LogP contribution in [0.5, 0.6) is 5.75 Å². The van der Waals surface area contributed by atoms with Crippen LogP contribution >= 0.6 is 27.3 Å². The number of hydrogen-bond donors (Lipinski definition) is 4. The Balaban J connectivity index is 1.83. The van der Waals surface area contributed by atoms with Crippen molar-refractivity contribution in [2.24, 2.45) is 0 Å². The number of aliphatic carboxylic acids is 1. The number of carbonyl (C=O) groups is 1. The monoisotopic (exact) mass is 602 g/mol. The third-order valence-corrected chi connectivity index (χ3v) is 8.33. The van der Waals surface area contributed by atoms with Gasteiger partial charge in [-0.05, 0) is 57.9 Å². The van der Waals surface area contributed by atoms with Gasteiger partial charge in [0, 0.05) is 22.3 Å². The zero-order valence-electron chi connectivity index (χ0n) is 18.4. The first kappa shape index (κ1) is 26.7. The molecule has 3 aromatic rings. The van der Waals surface area contributed by atoms with Crippen molar-refractivity contribution in [3.63, 3.8) is 0 Å². The quantitative estimate of drug-likeness (QED) is 0.334. The molecule has 2 heterocycles. The fourth-order valence-electron chi connectivity index (χ4n) is 3.70. The lowest BCUT2D eigenvalue weighted by atomic mass is 9.98. The Bertz CT molecular complexity index is 1390. The molecule has 1 fully saturated rings. The standard InChI is InChI=1S/C23H20BrFO9S2/c1-36(31,32)12-6-7-13(14-9-16(24)35-21(14)10-2-4-11(25)5-3-10)15(8-12)33-23-19(28)17(26)18(27)20(34-23)22(29)30/h2-9,17-20,23,26-28H,1H3,(H,29,30)/t17-,18-,19+,20-,23+/m0/s1. The van der Waals surface area contributed by atoms with Crippen LogP contribution in [0.25, 0.3) is 21.6 Å². The lowest BCUT2D eigenvalue weighted by molar-refractivity contribution is -0.271. The van der Waals surface area contributed by atoms with Crippen molar-refractivity contribution < 1.29 is 47.5 Å². The minimum Gasteiger partial charge on any atom is -0.479 e. The van der Waals surface area contributed by atoms with Crippen molar-refractivity contribution in [2.45, 2.75) is 35.6 Å². The third kappa shape index (κ3) is 5.32. The number of aliphatic hydroxyl groups is 3. The van der Waals surface area contributed by atoms with E-state index in [9.17, 15) is 38.0 Å². The molecule has 9 nitrogen and oxygen atoms in total. The SMILES string of the molecule is CS(=O)(=O)c1ccc(-c2cc(Br)sc2-c2ccc(F)cc2)c(O[C@@H]2O[C@H](C(=O)O)[C@@H](O)[C@H](O)[C@H]2O)c1. The summed E-state index contributed by atoms with van der Waals surface area (Å²) in [5.41, 5.74) is 1.58. The first-order chi connectivity index (χ1) is 16.9. The van der Waals surface area contributed by atoms with Crippen LogP contribution in [-0.2, 0) is 19.4 Å². The van der Waals surface area contributed by atoms with Crippen LogP contribution in [0.4, 0.5) is 4.39 Å². The Morgan fingerprint density at radius 3 is 2.31 bits per heavy atom. The van der Waals surface area contributed by atoms with E-state index in [1.54, 1.807) is 18.2 Å². The van der Waals surface area contributed by atoms with Gasteiger partial charge in [0.05, 0.1) is 8.68 Å². The molecule has 4 rings (SSSR count). The van der Waals surface area contributed by atoms with Crippen LogP contribution in [0.2, 0.25) is 0 Å². The van der Waals surface area contributed by atoms with E-state index in [1.807, 2.05) is 0 Å². The Morgan fingerprint density at radius 2 is 1.69 bits per heavy atom. The average Bonchev–Trinajstić information content (AvgIpc) is 3.20. The second-order valence-electron chi connectivity index (χ2n) is 8.08. The van der Waals surface area contributed by atoms with E-state index in [0.717, 1.165) is 6.26 Å². The molecule has 1 aliphatic rings. The van der Waals surface area contributed by atoms with E-state index in [2.05, 4.69) is 15.9 Å². The van der Waals surface area contributed by atoms with Gasteiger partial charge in [-0.15, -0.1) is 11.3 Å². The maximum absolute atomic E-state index is 13.5. The molecule has 0 radical (unpaired) electrons. The molecule has 1 aliphatic heterocycles. The summed E-state index contributed by atoms with van der Waals surface area (Å²) in [6, 6.07) is 11.5. The number of halogens is 2. The molecule has 0 aliphatic carbocycles. The summed E-state index contributed by atoms with van der Waals surface area (Å²) in [7, 11) is -3.70. The highest BCUT2D eigenvalue weighted by atomic mass is 79.9. The van der Waals surface area contributed by atoms with Gasteiger partial charge in [0.1, 0.15) is 29.9 Å². The van der Waals surface area contributed by atoms with Crippen molar-refractivity contribution >= 4 is 43.1 Å². The molecule has 0 unspecified atom stereocenters. The van der Waals surface area contributed by atoms with E-state index in [0.29, 0.717) is 25.4 Å².